The van der Waals surface area contributed by atoms with Crippen LogP contribution in [0.4, 0.5) is 10.1 Å². The van der Waals surface area contributed by atoms with E-state index in [4.69, 9.17) is 0 Å². The molecule has 0 aliphatic carbocycles. The van der Waals surface area contributed by atoms with Gasteiger partial charge in [0, 0.05) is 31.7 Å². The Hall–Kier alpha value is -2.29. The van der Waals surface area contributed by atoms with Crippen LogP contribution in [-0.4, -0.2) is 56.8 Å². The molecule has 1 N–H and O–H groups in total. The molecule has 2 aromatic carbocycles. The van der Waals surface area contributed by atoms with Gasteiger partial charge in [0.15, 0.2) is 0 Å². The molecule has 0 saturated carbocycles. The van der Waals surface area contributed by atoms with E-state index in [1.54, 1.807) is 19.1 Å². The lowest BCUT2D eigenvalue weighted by Crippen LogP contribution is -2.47. The molecule has 1 aliphatic heterocycles. The van der Waals surface area contributed by atoms with Crippen molar-refractivity contribution in [1.29, 1.82) is 0 Å². The van der Waals surface area contributed by atoms with Gasteiger partial charge in [0.25, 0.3) is 5.91 Å². The van der Waals surface area contributed by atoms with Gasteiger partial charge < -0.3 is 10.2 Å². The van der Waals surface area contributed by atoms with Crippen molar-refractivity contribution >= 4 is 21.6 Å². The highest BCUT2D eigenvalue weighted by Gasteiger charge is 2.28. The maximum absolute atomic E-state index is 13.8. The number of carbonyl (C=O) groups is 1. The summed E-state index contributed by atoms with van der Waals surface area (Å²) in [6.07, 6.45) is 0. The number of para-hydroxylation sites is 1. The second-order valence-corrected chi connectivity index (χ2v) is 8.56. The Balaban J connectivity index is 1.88. The molecule has 0 spiro atoms. The predicted molar refractivity (Wildman–Crippen MR) is 102 cm³/mol. The summed E-state index contributed by atoms with van der Waals surface area (Å²) in [5.41, 5.74) is 0.865. The number of benzene rings is 2. The van der Waals surface area contributed by atoms with Gasteiger partial charge in [0.05, 0.1) is 10.6 Å². The second kappa shape index (κ2) is 7.75. The first-order chi connectivity index (χ1) is 12.8. The van der Waals surface area contributed by atoms with Crippen molar-refractivity contribution in [1.82, 2.24) is 9.21 Å². The number of aryl methyl sites for hydroxylation is 1. The first-order valence-corrected chi connectivity index (χ1v) is 10.1. The topological polar surface area (TPSA) is 69.7 Å². The molecule has 1 aliphatic rings. The van der Waals surface area contributed by atoms with Crippen molar-refractivity contribution in [2.75, 3.05) is 38.5 Å². The van der Waals surface area contributed by atoms with Crippen LogP contribution in [0.15, 0.2) is 47.4 Å². The van der Waals surface area contributed by atoms with Crippen LogP contribution < -0.4 is 5.32 Å². The zero-order valence-corrected chi connectivity index (χ0v) is 16.1. The summed E-state index contributed by atoms with van der Waals surface area (Å²) in [7, 11) is -1.74. The number of hydrogen-bond acceptors (Lipinski definition) is 4. The minimum absolute atomic E-state index is 0.0502. The largest absolute Gasteiger partial charge is 0.319 e. The number of hydrogen-bond donors (Lipinski definition) is 1. The Morgan fingerprint density at radius 3 is 2.41 bits per heavy atom. The number of sulfonamides is 1. The molecule has 1 amide bonds. The summed E-state index contributed by atoms with van der Waals surface area (Å²) in [5, 5.41) is 2.50. The maximum atomic E-state index is 13.8. The molecular formula is C19H22FN3O3S. The molecule has 27 heavy (non-hydrogen) atoms. The molecule has 3 rings (SSSR count). The van der Waals surface area contributed by atoms with Crippen molar-refractivity contribution in [3.63, 3.8) is 0 Å². The Kier molecular flexibility index (Phi) is 5.59. The molecule has 144 valence electrons. The summed E-state index contributed by atoms with van der Waals surface area (Å²) in [4.78, 5) is 14.7. The average molecular weight is 391 g/mol. The lowest BCUT2D eigenvalue weighted by Gasteiger charge is -2.31. The zero-order chi connectivity index (χ0) is 19.6. The first kappa shape index (κ1) is 19.5. The molecule has 2 aromatic rings. The predicted octanol–water partition coefficient (Wildman–Crippen LogP) is 2.32. The van der Waals surface area contributed by atoms with Crippen molar-refractivity contribution in [3.8, 4) is 0 Å². The molecule has 0 aromatic heterocycles. The quantitative estimate of drug-likeness (QED) is 0.869. The summed E-state index contributed by atoms with van der Waals surface area (Å²) < 4.78 is 41.0. The van der Waals surface area contributed by atoms with Gasteiger partial charge >= 0.3 is 0 Å². The first-order valence-electron chi connectivity index (χ1n) is 8.64. The Labute approximate surface area is 158 Å². The molecule has 1 fully saturated rings. The maximum Gasteiger partial charge on any atom is 0.256 e. The summed E-state index contributed by atoms with van der Waals surface area (Å²) in [6.45, 7) is 3.84. The fourth-order valence-corrected chi connectivity index (χ4v) is 4.38. The number of piperazine rings is 1. The van der Waals surface area contributed by atoms with E-state index in [0.29, 0.717) is 31.7 Å². The molecule has 0 bridgehead atoms. The fraction of sp³-hybridized carbons (Fsp3) is 0.316. The average Bonchev–Trinajstić information content (AvgIpc) is 2.64. The molecule has 0 unspecified atom stereocenters. The normalized spacial score (nSPS) is 16.3. The molecule has 6 nitrogen and oxygen atoms in total. The van der Waals surface area contributed by atoms with Gasteiger partial charge in [0.1, 0.15) is 5.82 Å². The van der Waals surface area contributed by atoms with Crippen LogP contribution in [0.1, 0.15) is 15.9 Å². The van der Waals surface area contributed by atoms with E-state index in [0.717, 1.165) is 0 Å². The van der Waals surface area contributed by atoms with Crippen LogP contribution >= 0.6 is 0 Å². The van der Waals surface area contributed by atoms with Crippen molar-refractivity contribution in [3.05, 3.63) is 59.4 Å². The van der Waals surface area contributed by atoms with E-state index in [-0.39, 0.29) is 16.1 Å². The van der Waals surface area contributed by atoms with Crippen LogP contribution in [0, 0.1) is 12.7 Å². The van der Waals surface area contributed by atoms with Gasteiger partial charge in [-0.1, -0.05) is 18.2 Å². The van der Waals surface area contributed by atoms with Crippen LogP contribution in [-0.2, 0) is 10.0 Å². The number of carbonyl (C=O) groups excluding carboxylic acids is 1. The third-order valence-corrected chi connectivity index (χ3v) is 6.57. The van der Waals surface area contributed by atoms with Gasteiger partial charge in [-0.25, -0.2) is 12.8 Å². The molecular weight excluding hydrogens is 369 g/mol. The number of likely N-dealkylation sites (N-methyl/N-ethyl adjacent to an activating group) is 1. The van der Waals surface area contributed by atoms with E-state index >= 15 is 0 Å². The third kappa shape index (κ3) is 4.18. The smallest absolute Gasteiger partial charge is 0.256 e. The van der Waals surface area contributed by atoms with E-state index < -0.39 is 21.7 Å². The van der Waals surface area contributed by atoms with Crippen LogP contribution in [0.3, 0.4) is 0 Å². The number of amides is 1. The van der Waals surface area contributed by atoms with Crippen LogP contribution in [0.25, 0.3) is 0 Å². The molecule has 8 heteroatoms. The van der Waals surface area contributed by atoms with E-state index in [1.165, 1.54) is 34.6 Å². The third-order valence-electron chi connectivity index (χ3n) is 4.68. The lowest BCUT2D eigenvalue weighted by molar-refractivity contribution is 0.102. The van der Waals surface area contributed by atoms with Gasteiger partial charge in [-0.2, -0.15) is 4.31 Å². The molecule has 0 radical (unpaired) electrons. The van der Waals surface area contributed by atoms with Crippen molar-refractivity contribution < 1.29 is 17.6 Å². The van der Waals surface area contributed by atoms with Crippen LogP contribution in [0.5, 0.6) is 0 Å². The zero-order valence-electron chi connectivity index (χ0n) is 15.3. The van der Waals surface area contributed by atoms with Crippen LogP contribution in [0.2, 0.25) is 0 Å². The van der Waals surface area contributed by atoms with E-state index in [9.17, 15) is 17.6 Å². The SMILES string of the molecule is Cc1ccc(S(=O)(=O)N2CCN(C)CC2)cc1C(=O)Nc1ccccc1F. The Morgan fingerprint density at radius 1 is 1.07 bits per heavy atom. The van der Waals surface area contributed by atoms with Gasteiger partial charge in [0.2, 0.25) is 10.0 Å². The van der Waals surface area contributed by atoms with E-state index in [2.05, 4.69) is 10.2 Å². The highest BCUT2D eigenvalue weighted by Crippen LogP contribution is 2.22. The van der Waals surface area contributed by atoms with E-state index in [1.807, 2.05) is 7.05 Å². The summed E-state index contributed by atoms with van der Waals surface area (Å²) in [5.74, 6) is -1.10. The monoisotopic (exact) mass is 391 g/mol. The minimum Gasteiger partial charge on any atom is -0.319 e. The Morgan fingerprint density at radius 2 is 1.74 bits per heavy atom. The number of anilines is 1. The summed E-state index contributed by atoms with van der Waals surface area (Å²) in [6, 6.07) is 10.3. The molecule has 0 atom stereocenters. The fourth-order valence-electron chi connectivity index (χ4n) is 2.94. The van der Waals surface area contributed by atoms with Gasteiger partial charge in [-0.05, 0) is 43.8 Å². The lowest BCUT2D eigenvalue weighted by atomic mass is 10.1. The highest BCUT2D eigenvalue weighted by atomic mass is 32.2. The number of nitrogens with one attached hydrogen (secondary N) is 1. The van der Waals surface area contributed by atoms with Gasteiger partial charge in [-0.3, -0.25) is 4.79 Å². The van der Waals surface area contributed by atoms with Crippen molar-refractivity contribution in [2.45, 2.75) is 11.8 Å². The number of halogens is 1. The second-order valence-electron chi connectivity index (χ2n) is 6.62. The van der Waals surface area contributed by atoms with Gasteiger partial charge in [-0.15, -0.1) is 0 Å². The number of nitrogens with zero attached hydrogens (tertiary/aromatic N) is 2. The molecule has 1 saturated heterocycles. The standard InChI is InChI=1S/C19H22FN3O3S/c1-14-7-8-15(27(25,26)23-11-9-22(2)10-12-23)13-16(14)19(24)21-18-6-4-3-5-17(18)20/h3-8,13H,9-12H2,1-2H3,(H,21,24). The minimum atomic E-state index is -3.69. The number of rotatable bonds is 4. The van der Waals surface area contributed by atoms with Crippen molar-refractivity contribution in [2.24, 2.45) is 0 Å². The highest BCUT2D eigenvalue weighted by molar-refractivity contribution is 7.89. The summed E-state index contributed by atoms with van der Waals surface area (Å²) >= 11 is 0. The Bertz CT molecular complexity index is 954. The molecule has 1 heterocycles.